The van der Waals surface area contributed by atoms with Gasteiger partial charge in [0.25, 0.3) is 0 Å². The van der Waals surface area contributed by atoms with Gasteiger partial charge in [-0.05, 0) is 37.3 Å². The molecule has 0 aliphatic heterocycles. The van der Waals surface area contributed by atoms with Crippen molar-refractivity contribution < 1.29 is 13.9 Å². The van der Waals surface area contributed by atoms with Crippen molar-refractivity contribution in [2.45, 2.75) is 6.92 Å². The Balaban J connectivity index is 1.56. The van der Waals surface area contributed by atoms with E-state index in [-0.39, 0.29) is 5.82 Å². The van der Waals surface area contributed by atoms with Crippen LogP contribution in [0.2, 0.25) is 0 Å². The molecule has 0 unspecified atom stereocenters. The van der Waals surface area contributed by atoms with Crippen molar-refractivity contribution in [3.05, 3.63) is 84.0 Å². The monoisotopic (exact) mass is 433 g/mol. The van der Waals surface area contributed by atoms with Crippen LogP contribution in [0.25, 0.3) is 21.8 Å². The van der Waals surface area contributed by atoms with Crippen molar-refractivity contribution in [3.8, 4) is 27.6 Å². The Morgan fingerprint density at radius 2 is 1.58 bits per heavy atom. The zero-order valence-corrected chi connectivity index (χ0v) is 17.6. The quantitative estimate of drug-likeness (QED) is 0.357. The van der Waals surface area contributed by atoms with Crippen LogP contribution in [0.5, 0.6) is 5.75 Å². The number of para-hydroxylation sites is 3. The third-order valence-electron chi connectivity index (χ3n) is 4.49. The van der Waals surface area contributed by atoms with Crippen molar-refractivity contribution in [3.63, 3.8) is 0 Å². The standard InChI is InChI=1S/C24H20FN3O2S/c1-2-30-22-14-8-7-13-20(22)28-24(29)27-19-12-6-4-10-17(19)21-15-31-23(26-21)16-9-3-5-11-18(16)25/h3-15H,2H2,1H3,(H2,27,28,29). The lowest BCUT2D eigenvalue weighted by atomic mass is 10.1. The van der Waals surface area contributed by atoms with Crippen LogP contribution in [0.3, 0.4) is 0 Å². The fraction of sp³-hybridized carbons (Fsp3) is 0.0833. The average Bonchev–Trinajstić information content (AvgIpc) is 3.26. The third-order valence-corrected chi connectivity index (χ3v) is 5.37. The van der Waals surface area contributed by atoms with Crippen molar-refractivity contribution in [2.24, 2.45) is 0 Å². The summed E-state index contributed by atoms with van der Waals surface area (Å²) in [5, 5.41) is 8.12. The molecular weight excluding hydrogens is 413 g/mol. The second-order valence-electron chi connectivity index (χ2n) is 6.57. The maximum atomic E-state index is 14.1. The Kier molecular flexibility index (Phi) is 6.24. The highest BCUT2D eigenvalue weighted by Crippen LogP contribution is 2.34. The van der Waals surface area contributed by atoms with Crippen LogP contribution < -0.4 is 15.4 Å². The van der Waals surface area contributed by atoms with Crippen molar-refractivity contribution in [1.82, 2.24) is 4.98 Å². The van der Waals surface area contributed by atoms with Gasteiger partial charge in [-0.15, -0.1) is 11.3 Å². The van der Waals surface area contributed by atoms with E-state index in [4.69, 9.17) is 4.74 Å². The largest absolute Gasteiger partial charge is 0.492 e. The number of amides is 2. The van der Waals surface area contributed by atoms with Gasteiger partial charge in [-0.2, -0.15) is 0 Å². The van der Waals surface area contributed by atoms with Crippen LogP contribution in [0.1, 0.15) is 6.92 Å². The molecule has 0 aliphatic rings. The van der Waals surface area contributed by atoms with Crippen LogP contribution in [0.15, 0.2) is 78.2 Å². The Bertz CT molecular complexity index is 1210. The third kappa shape index (κ3) is 4.73. The van der Waals surface area contributed by atoms with E-state index in [9.17, 15) is 9.18 Å². The molecule has 0 fully saturated rings. The summed E-state index contributed by atoms with van der Waals surface area (Å²) >= 11 is 1.35. The summed E-state index contributed by atoms with van der Waals surface area (Å²) in [7, 11) is 0. The molecule has 2 N–H and O–H groups in total. The van der Waals surface area contributed by atoms with Crippen LogP contribution in [0.4, 0.5) is 20.6 Å². The number of urea groups is 1. The minimum absolute atomic E-state index is 0.317. The number of benzene rings is 3. The van der Waals surface area contributed by atoms with Gasteiger partial charge in [0.2, 0.25) is 0 Å². The van der Waals surface area contributed by atoms with Crippen LogP contribution in [0, 0.1) is 5.82 Å². The maximum absolute atomic E-state index is 14.1. The number of ether oxygens (including phenoxy) is 1. The Labute approximate surface area is 183 Å². The molecule has 1 heterocycles. The van der Waals surface area contributed by atoms with E-state index >= 15 is 0 Å². The van der Waals surface area contributed by atoms with Crippen molar-refractivity contribution in [1.29, 1.82) is 0 Å². The number of nitrogens with one attached hydrogen (secondary N) is 2. The first-order valence-corrected chi connectivity index (χ1v) is 10.6. The van der Waals surface area contributed by atoms with Gasteiger partial charge in [-0.1, -0.05) is 42.5 Å². The molecule has 156 valence electrons. The second kappa shape index (κ2) is 9.40. The van der Waals surface area contributed by atoms with E-state index in [0.717, 1.165) is 5.56 Å². The molecule has 2 amide bonds. The number of hydrogen-bond acceptors (Lipinski definition) is 4. The zero-order valence-electron chi connectivity index (χ0n) is 16.8. The van der Waals surface area contributed by atoms with Gasteiger partial charge in [0, 0.05) is 16.5 Å². The molecule has 1 aromatic heterocycles. The summed E-state index contributed by atoms with van der Waals surface area (Å²) in [5.41, 5.74) is 3.03. The van der Waals surface area contributed by atoms with Crippen LogP contribution in [-0.4, -0.2) is 17.6 Å². The average molecular weight is 434 g/mol. The molecule has 4 aromatic rings. The highest BCUT2D eigenvalue weighted by atomic mass is 32.1. The molecule has 0 atom stereocenters. The lowest BCUT2D eigenvalue weighted by molar-refractivity contribution is 0.262. The van der Waals surface area contributed by atoms with Crippen molar-refractivity contribution in [2.75, 3.05) is 17.2 Å². The molecule has 0 saturated carbocycles. The normalized spacial score (nSPS) is 10.5. The topological polar surface area (TPSA) is 63.2 Å². The summed E-state index contributed by atoms with van der Waals surface area (Å²) in [6.45, 7) is 2.38. The zero-order chi connectivity index (χ0) is 21.6. The number of halogens is 1. The van der Waals surface area contributed by atoms with Gasteiger partial charge in [0.05, 0.1) is 23.7 Å². The number of carbonyl (C=O) groups excluding carboxylic acids is 1. The van der Waals surface area contributed by atoms with Gasteiger partial charge >= 0.3 is 6.03 Å². The fourth-order valence-corrected chi connectivity index (χ4v) is 3.94. The number of carbonyl (C=O) groups is 1. The van der Waals surface area contributed by atoms with Gasteiger partial charge < -0.3 is 15.4 Å². The van der Waals surface area contributed by atoms with Crippen LogP contribution >= 0.6 is 11.3 Å². The Morgan fingerprint density at radius 1 is 0.935 bits per heavy atom. The SMILES string of the molecule is CCOc1ccccc1NC(=O)Nc1ccccc1-c1csc(-c2ccccc2F)n1. The smallest absolute Gasteiger partial charge is 0.323 e. The molecule has 7 heteroatoms. The molecule has 0 radical (unpaired) electrons. The molecule has 3 aromatic carbocycles. The molecule has 0 saturated heterocycles. The lowest BCUT2D eigenvalue weighted by Crippen LogP contribution is -2.20. The molecule has 5 nitrogen and oxygen atoms in total. The first-order chi connectivity index (χ1) is 15.2. The molecule has 4 rings (SSSR count). The maximum Gasteiger partial charge on any atom is 0.323 e. The molecule has 31 heavy (non-hydrogen) atoms. The number of rotatable bonds is 6. The second-order valence-corrected chi connectivity index (χ2v) is 7.43. The highest BCUT2D eigenvalue weighted by molar-refractivity contribution is 7.13. The number of nitrogens with zero attached hydrogens (tertiary/aromatic N) is 1. The van der Waals surface area contributed by atoms with E-state index in [0.29, 0.717) is 40.0 Å². The number of anilines is 2. The van der Waals surface area contributed by atoms with E-state index < -0.39 is 6.03 Å². The summed E-state index contributed by atoms with van der Waals surface area (Å²) < 4.78 is 19.7. The first kappa shape index (κ1) is 20.6. The molecule has 0 aliphatic carbocycles. The predicted molar refractivity (Wildman–Crippen MR) is 123 cm³/mol. The lowest BCUT2D eigenvalue weighted by Gasteiger charge is -2.13. The van der Waals surface area contributed by atoms with E-state index in [1.54, 1.807) is 36.4 Å². The molecule has 0 spiro atoms. The van der Waals surface area contributed by atoms with Crippen LogP contribution in [-0.2, 0) is 0 Å². The van der Waals surface area contributed by atoms with E-state index in [2.05, 4.69) is 15.6 Å². The van der Waals surface area contributed by atoms with Crippen molar-refractivity contribution >= 4 is 28.7 Å². The molecule has 0 bridgehead atoms. The van der Waals surface area contributed by atoms with Gasteiger partial charge in [-0.25, -0.2) is 14.2 Å². The number of thiazole rings is 1. The predicted octanol–water partition coefficient (Wildman–Crippen LogP) is 6.66. The first-order valence-electron chi connectivity index (χ1n) is 9.75. The molecular formula is C24H20FN3O2S. The van der Waals surface area contributed by atoms with E-state index in [1.807, 2.05) is 42.6 Å². The summed E-state index contributed by atoms with van der Waals surface area (Å²) in [5.74, 6) is 0.282. The Hall–Kier alpha value is -3.71. The number of hydrogen-bond donors (Lipinski definition) is 2. The number of aromatic nitrogens is 1. The summed E-state index contributed by atoms with van der Waals surface area (Å²) in [6, 6.07) is 20.7. The van der Waals surface area contributed by atoms with Gasteiger partial charge in [0.1, 0.15) is 16.6 Å². The summed E-state index contributed by atoms with van der Waals surface area (Å²) in [6.07, 6.45) is 0. The van der Waals surface area contributed by atoms with Gasteiger partial charge in [-0.3, -0.25) is 0 Å². The Morgan fingerprint density at radius 3 is 2.35 bits per heavy atom. The fourth-order valence-electron chi connectivity index (χ4n) is 3.10. The van der Waals surface area contributed by atoms with Gasteiger partial charge in [0.15, 0.2) is 0 Å². The minimum Gasteiger partial charge on any atom is -0.492 e. The minimum atomic E-state index is -0.399. The highest BCUT2D eigenvalue weighted by Gasteiger charge is 2.14. The summed E-state index contributed by atoms with van der Waals surface area (Å²) in [4.78, 5) is 17.2. The van der Waals surface area contributed by atoms with E-state index in [1.165, 1.54) is 17.4 Å².